The van der Waals surface area contributed by atoms with Crippen molar-refractivity contribution in [1.29, 1.82) is 0 Å². The van der Waals surface area contributed by atoms with E-state index in [0.717, 1.165) is 11.3 Å². The van der Waals surface area contributed by atoms with Gasteiger partial charge in [-0.25, -0.2) is 0 Å². The van der Waals surface area contributed by atoms with Crippen molar-refractivity contribution in [3.63, 3.8) is 0 Å². The summed E-state index contributed by atoms with van der Waals surface area (Å²) in [5, 5.41) is 6.28. The summed E-state index contributed by atoms with van der Waals surface area (Å²) in [6, 6.07) is 10.1. The molecule has 0 bridgehead atoms. The molecule has 0 radical (unpaired) electrons. The van der Waals surface area contributed by atoms with Gasteiger partial charge in [0.25, 0.3) is 0 Å². The van der Waals surface area contributed by atoms with E-state index in [1.165, 1.54) is 0 Å². The van der Waals surface area contributed by atoms with Gasteiger partial charge in [0, 0.05) is 19.7 Å². The molecule has 0 aliphatic carbocycles. The summed E-state index contributed by atoms with van der Waals surface area (Å²) in [4.78, 5) is 0. The first-order chi connectivity index (χ1) is 8.15. The van der Waals surface area contributed by atoms with Crippen LogP contribution >= 0.6 is 0 Å². The van der Waals surface area contributed by atoms with E-state index in [4.69, 9.17) is 4.74 Å². The first kappa shape index (κ1) is 13.5. The van der Waals surface area contributed by atoms with Crippen molar-refractivity contribution in [2.24, 2.45) is 5.10 Å². The molecule has 0 aliphatic rings. The molecular weight excluding hydrogens is 212 g/mol. The quantitative estimate of drug-likeness (QED) is 0.428. The second kappa shape index (κ2) is 6.86. The third-order valence-electron chi connectivity index (χ3n) is 2.23. The normalized spacial score (nSPS) is 13.2. The van der Waals surface area contributed by atoms with Gasteiger partial charge >= 0.3 is 0 Å². The van der Waals surface area contributed by atoms with Crippen molar-refractivity contribution in [2.75, 3.05) is 20.7 Å². The van der Waals surface area contributed by atoms with Gasteiger partial charge in [0.2, 0.25) is 0 Å². The number of ether oxygens (including phenoxy) is 1. The van der Waals surface area contributed by atoms with Crippen LogP contribution < -0.4 is 0 Å². The largest absolute Gasteiger partial charge is 0.368 e. The van der Waals surface area contributed by atoms with Gasteiger partial charge in [0.15, 0.2) is 0 Å². The molecule has 0 aliphatic heterocycles. The lowest BCUT2D eigenvalue weighted by Gasteiger charge is -2.17. The van der Waals surface area contributed by atoms with Gasteiger partial charge in [-0.3, -0.25) is 0 Å². The van der Waals surface area contributed by atoms with Crippen LogP contribution in [0.5, 0.6) is 0 Å². The number of hydrogen-bond donors (Lipinski definition) is 0. The van der Waals surface area contributed by atoms with Crippen molar-refractivity contribution in [3.8, 4) is 0 Å². The highest BCUT2D eigenvalue weighted by Gasteiger charge is 2.13. The minimum absolute atomic E-state index is 0.0576. The summed E-state index contributed by atoms with van der Waals surface area (Å²) in [5.74, 6) is 0. The molecule has 3 nitrogen and oxygen atoms in total. The maximum absolute atomic E-state index is 5.63. The maximum atomic E-state index is 5.63. The fourth-order valence-electron chi connectivity index (χ4n) is 1.49. The summed E-state index contributed by atoms with van der Waals surface area (Å²) >= 11 is 0. The van der Waals surface area contributed by atoms with Gasteiger partial charge in [-0.05, 0) is 6.92 Å². The molecule has 1 rings (SSSR count). The fraction of sp³-hybridized carbons (Fsp3) is 0.357. The van der Waals surface area contributed by atoms with Gasteiger partial charge < -0.3 is 9.75 Å². The summed E-state index contributed by atoms with van der Waals surface area (Å²) in [7, 11) is 3.81. The highest BCUT2D eigenvalue weighted by atomic mass is 16.5. The van der Waals surface area contributed by atoms with Gasteiger partial charge in [-0.2, -0.15) is 5.10 Å². The third kappa shape index (κ3) is 4.41. The molecule has 0 amide bonds. The van der Waals surface area contributed by atoms with E-state index in [-0.39, 0.29) is 6.10 Å². The Morgan fingerprint density at radius 3 is 2.59 bits per heavy atom. The van der Waals surface area contributed by atoms with Crippen LogP contribution in [-0.4, -0.2) is 37.5 Å². The molecule has 0 fully saturated rings. The lowest BCUT2D eigenvalue weighted by Crippen LogP contribution is -2.24. The lowest BCUT2D eigenvalue weighted by atomic mass is 10.1. The zero-order valence-electron chi connectivity index (χ0n) is 10.8. The molecule has 0 saturated heterocycles. The second-order valence-corrected chi connectivity index (χ2v) is 3.96. The first-order valence-corrected chi connectivity index (χ1v) is 5.69. The zero-order valence-corrected chi connectivity index (χ0v) is 10.8. The van der Waals surface area contributed by atoms with Crippen LogP contribution in [0.1, 0.15) is 12.5 Å². The molecule has 0 heterocycles. The molecule has 0 spiro atoms. The van der Waals surface area contributed by atoms with Crippen molar-refractivity contribution in [1.82, 2.24) is 5.01 Å². The first-order valence-electron chi connectivity index (χ1n) is 5.69. The van der Waals surface area contributed by atoms with E-state index in [9.17, 15) is 0 Å². The van der Waals surface area contributed by atoms with E-state index in [1.807, 2.05) is 51.4 Å². The lowest BCUT2D eigenvalue weighted by molar-refractivity contribution is 0.135. The molecule has 1 aromatic rings. The Kier molecular flexibility index (Phi) is 5.43. The number of hydrogen-bond acceptors (Lipinski definition) is 3. The predicted molar refractivity (Wildman–Crippen MR) is 72.3 cm³/mol. The molecule has 92 valence electrons. The Labute approximate surface area is 103 Å². The number of rotatable bonds is 6. The van der Waals surface area contributed by atoms with Crippen molar-refractivity contribution >= 4 is 5.71 Å². The van der Waals surface area contributed by atoms with Crippen LogP contribution in [0, 0.1) is 0 Å². The number of nitrogens with zero attached hydrogens (tertiary/aromatic N) is 2. The molecule has 1 aromatic carbocycles. The van der Waals surface area contributed by atoms with Gasteiger partial charge in [-0.15, -0.1) is 6.58 Å². The smallest absolute Gasteiger partial charge is 0.0994 e. The summed E-state index contributed by atoms with van der Waals surface area (Å²) in [5.41, 5.74) is 2.01. The second-order valence-electron chi connectivity index (χ2n) is 3.96. The SMILES string of the molecule is C=CCOC(C)/C(=N/N(C)C)c1ccccc1. The topological polar surface area (TPSA) is 24.8 Å². The fourth-order valence-corrected chi connectivity index (χ4v) is 1.49. The van der Waals surface area contributed by atoms with Crippen molar-refractivity contribution < 1.29 is 4.74 Å². The summed E-state index contributed by atoms with van der Waals surface area (Å²) in [6.45, 7) is 6.18. The average Bonchev–Trinajstić information content (AvgIpc) is 2.34. The molecule has 0 saturated carbocycles. The van der Waals surface area contributed by atoms with Gasteiger partial charge in [0.1, 0.15) is 0 Å². The maximum Gasteiger partial charge on any atom is 0.0994 e. The van der Waals surface area contributed by atoms with Crippen LogP contribution in [0.15, 0.2) is 48.1 Å². The van der Waals surface area contributed by atoms with E-state index in [2.05, 4.69) is 11.7 Å². The third-order valence-corrected chi connectivity index (χ3v) is 2.23. The molecular formula is C14H20N2O. The molecule has 0 N–H and O–H groups in total. The summed E-state index contributed by atoms with van der Waals surface area (Å²) in [6.07, 6.45) is 1.69. The highest BCUT2D eigenvalue weighted by Crippen LogP contribution is 2.08. The predicted octanol–water partition coefficient (Wildman–Crippen LogP) is 2.54. The Hall–Kier alpha value is -1.61. The van der Waals surface area contributed by atoms with Crippen LogP contribution in [0.4, 0.5) is 0 Å². The van der Waals surface area contributed by atoms with Crippen molar-refractivity contribution in [2.45, 2.75) is 13.0 Å². The zero-order chi connectivity index (χ0) is 12.7. The Bertz CT molecular complexity index is 371. The van der Waals surface area contributed by atoms with E-state index >= 15 is 0 Å². The highest BCUT2D eigenvalue weighted by molar-refractivity contribution is 6.03. The molecule has 0 aromatic heterocycles. The Balaban J connectivity index is 2.92. The Morgan fingerprint density at radius 1 is 1.41 bits per heavy atom. The van der Waals surface area contributed by atoms with Crippen LogP contribution in [-0.2, 0) is 4.74 Å². The van der Waals surface area contributed by atoms with E-state index in [0.29, 0.717) is 6.61 Å². The molecule has 1 atom stereocenters. The van der Waals surface area contributed by atoms with Gasteiger partial charge in [0.05, 0.1) is 18.4 Å². The average molecular weight is 232 g/mol. The van der Waals surface area contributed by atoms with Crippen LogP contribution in [0.2, 0.25) is 0 Å². The van der Waals surface area contributed by atoms with E-state index < -0.39 is 0 Å². The monoisotopic (exact) mass is 232 g/mol. The molecule has 17 heavy (non-hydrogen) atoms. The molecule has 1 unspecified atom stereocenters. The standard InChI is InChI=1S/C14H20N2O/c1-5-11-17-12(2)14(15-16(3)4)13-9-7-6-8-10-13/h5-10,12H,1,11H2,2-4H3/b15-14-. The number of benzene rings is 1. The van der Waals surface area contributed by atoms with Crippen molar-refractivity contribution in [3.05, 3.63) is 48.6 Å². The minimum Gasteiger partial charge on any atom is -0.368 e. The Morgan fingerprint density at radius 2 is 2.06 bits per heavy atom. The van der Waals surface area contributed by atoms with Gasteiger partial charge in [-0.1, -0.05) is 36.4 Å². The van der Waals surface area contributed by atoms with E-state index in [1.54, 1.807) is 11.1 Å². The van der Waals surface area contributed by atoms with Crippen LogP contribution in [0.3, 0.4) is 0 Å². The summed E-state index contributed by atoms with van der Waals surface area (Å²) < 4.78 is 5.63. The number of hydrazone groups is 1. The van der Waals surface area contributed by atoms with Crippen LogP contribution in [0.25, 0.3) is 0 Å². The minimum atomic E-state index is -0.0576. The molecule has 3 heteroatoms.